The number of hydrogen-bond acceptors (Lipinski definition) is 2. The first-order chi connectivity index (χ1) is 6.83. The monoisotopic (exact) mass is 195 g/mol. The van der Waals surface area contributed by atoms with Crippen LogP contribution in [0.5, 0.6) is 0 Å². The van der Waals surface area contributed by atoms with Crippen molar-refractivity contribution in [3.63, 3.8) is 0 Å². The number of rotatable bonds is 6. The summed E-state index contributed by atoms with van der Waals surface area (Å²) < 4.78 is 5.03. The lowest BCUT2D eigenvalue weighted by molar-refractivity contribution is -0.143. The van der Waals surface area contributed by atoms with Gasteiger partial charge in [0.25, 0.3) is 0 Å². The van der Waals surface area contributed by atoms with Crippen molar-refractivity contribution in [3.8, 4) is 0 Å². The number of aromatic nitrogens is 1. The van der Waals surface area contributed by atoms with Crippen molar-refractivity contribution < 1.29 is 9.53 Å². The maximum absolute atomic E-state index is 11.2. The van der Waals surface area contributed by atoms with Crippen LogP contribution in [0.2, 0.25) is 0 Å². The zero-order valence-corrected chi connectivity index (χ0v) is 8.58. The molecule has 78 valence electrons. The lowest BCUT2D eigenvalue weighted by Gasteiger charge is -2.02. The second-order valence-corrected chi connectivity index (χ2v) is 3.27. The van der Waals surface area contributed by atoms with Gasteiger partial charge in [-0.1, -0.05) is 13.3 Å². The fraction of sp³-hybridized carbons (Fsp3) is 0.545. The van der Waals surface area contributed by atoms with E-state index in [1.54, 1.807) is 0 Å². The fourth-order valence-electron chi connectivity index (χ4n) is 1.16. The van der Waals surface area contributed by atoms with Crippen molar-refractivity contribution in [1.29, 1.82) is 0 Å². The van der Waals surface area contributed by atoms with Crippen LogP contribution in [0.1, 0.15) is 31.9 Å². The number of carbonyl (C=O) groups is 1. The van der Waals surface area contributed by atoms with Gasteiger partial charge in [-0.15, -0.1) is 0 Å². The molecule has 0 saturated heterocycles. The summed E-state index contributed by atoms with van der Waals surface area (Å²) in [5, 5.41) is 0. The predicted octanol–water partition coefficient (Wildman–Crippen LogP) is 2.29. The van der Waals surface area contributed by atoms with E-state index in [0.717, 1.165) is 25.0 Å². The summed E-state index contributed by atoms with van der Waals surface area (Å²) in [7, 11) is 0. The Balaban J connectivity index is 2.09. The number of nitrogens with one attached hydrogen (secondary N) is 1. The molecular weight excluding hydrogens is 178 g/mol. The van der Waals surface area contributed by atoms with Gasteiger partial charge in [0, 0.05) is 11.9 Å². The zero-order chi connectivity index (χ0) is 10.2. The second kappa shape index (κ2) is 6.24. The van der Waals surface area contributed by atoms with Crippen LogP contribution in [0.4, 0.5) is 0 Å². The van der Waals surface area contributed by atoms with Crippen LogP contribution >= 0.6 is 0 Å². The van der Waals surface area contributed by atoms with Crippen LogP contribution in [0.3, 0.4) is 0 Å². The Bertz CT molecular complexity index is 254. The standard InChI is InChI=1S/C11H17NO2/c1-2-3-9-14-11(13)7-6-10-5-4-8-12-10/h4-5,8,12H,2-3,6-7,9H2,1H3. The third-order valence-corrected chi connectivity index (χ3v) is 2.02. The van der Waals surface area contributed by atoms with Crippen LogP contribution in [-0.4, -0.2) is 17.6 Å². The molecule has 0 radical (unpaired) electrons. The predicted molar refractivity (Wildman–Crippen MR) is 55.0 cm³/mol. The van der Waals surface area contributed by atoms with Gasteiger partial charge in [0.1, 0.15) is 0 Å². The van der Waals surface area contributed by atoms with E-state index < -0.39 is 0 Å². The third kappa shape index (κ3) is 4.12. The molecule has 0 aliphatic rings. The minimum absolute atomic E-state index is 0.104. The van der Waals surface area contributed by atoms with Crippen molar-refractivity contribution in [1.82, 2.24) is 4.98 Å². The molecule has 1 rings (SSSR count). The van der Waals surface area contributed by atoms with Gasteiger partial charge in [0.2, 0.25) is 0 Å². The largest absolute Gasteiger partial charge is 0.466 e. The molecule has 0 unspecified atom stereocenters. The smallest absolute Gasteiger partial charge is 0.306 e. The van der Waals surface area contributed by atoms with Gasteiger partial charge < -0.3 is 9.72 Å². The first kappa shape index (κ1) is 10.8. The quantitative estimate of drug-likeness (QED) is 0.559. The number of ether oxygens (including phenoxy) is 1. The first-order valence-electron chi connectivity index (χ1n) is 5.11. The summed E-state index contributed by atoms with van der Waals surface area (Å²) >= 11 is 0. The number of hydrogen-bond donors (Lipinski definition) is 1. The summed E-state index contributed by atoms with van der Waals surface area (Å²) in [6.07, 6.45) is 5.07. The Hall–Kier alpha value is -1.25. The molecule has 3 heteroatoms. The number of aryl methyl sites for hydroxylation is 1. The fourth-order valence-corrected chi connectivity index (χ4v) is 1.16. The highest BCUT2D eigenvalue weighted by Crippen LogP contribution is 2.00. The Morgan fingerprint density at radius 2 is 2.43 bits per heavy atom. The number of H-pyrrole nitrogens is 1. The van der Waals surface area contributed by atoms with Crippen molar-refractivity contribution in [2.75, 3.05) is 6.61 Å². The minimum Gasteiger partial charge on any atom is -0.466 e. The van der Waals surface area contributed by atoms with E-state index in [4.69, 9.17) is 4.74 Å². The van der Waals surface area contributed by atoms with Crippen molar-refractivity contribution in [2.45, 2.75) is 32.6 Å². The number of carbonyl (C=O) groups excluding carboxylic acids is 1. The third-order valence-electron chi connectivity index (χ3n) is 2.02. The van der Waals surface area contributed by atoms with Gasteiger partial charge in [-0.3, -0.25) is 4.79 Å². The molecule has 0 fully saturated rings. The Morgan fingerprint density at radius 3 is 3.07 bits per heavy atom. The SMILES string of the molecule is CCCCOC(=O)CCc1ccc[nH]1. The van der Waals surface area contributed by atoms with Crippen LogP contribution in [0, 0.1) is 0 Å². The maximum Gasteiger partial charge on any atom is 0.306 e. The summed E-state index contributed by atoms with van der Waals surface area (Å²) in [6, 6.07) is 3.90. The molecule has 0 amide bonds. The van der Waals surface area contributed by atoms with Gasteiger partial charge >= 0.3 is 5.97 Å². The first-order valence-corrected chi connectivity index (χ1v) is 5.11. The molecule has 0 aliphatic heterocycles. The topological polar surface area (TPSA) is 42.1 Å². The highest BCUT2D eigenvalue weighted by Gasteiger charge is 2.02. The molecular formula is C11H17NO2. The molecule has 1 aromatic rings. The van der Waals surface area contributed by atoms with Gasteiger partial charge in [-0.05, 0) is 25.0 Å². The molecule has 0 bridgehead atoms. The highest BCUT2D eigenvalue weighted by molar-refractivity contribution is 5.69. The summed E-state index contributed by atoms with van der Waals surface area (Å²) in [4.78, 5) is 14.2. The highest BCUT2D eigenvalue weighted by atomic mass is 16.5. The van der Waals surface area contributed by atoms with Crippen LogP contribution in [0.25, 0.3) is 0 Å². The van der Waals surface area contributed by atoms with E-state index in [1.807, 2.05) is 18.3 Å². The van der Waals surface area contributed by atoms with Crippen molar-refractivity contribution in [2.24, 2.45) is 0 Å². The van der Waals surface area contributed by atoms with E-state index in [2.05, 4.69) is 11.9 Å². The average Bonchev–Trinajstić information content (AvgIpc) is 2.68. The normalized spacial score (nSPS) is 10.1. The molecule has 0 atom stereocenters. The van der Waals surface area contributed by atoms with E-state index in [0.29, 0.717) is 13.0 Å². The molecule has 0 spiro atoms. The Morgan fingerprint density at radius 1 is 1.57 bits per heavy atom. The van der Waals surface area contributed by atoms with E-state index in [-0.39, 0.29) is 5.97 Å². The number of unbranched alkanes of at least 4 members (excludes halogenated alkanes) is 1. The van der Waals surface area contributed by atoms with Crippen LogP contribution < -0.4 is 0 Å². The molecule has 1 N–H and O–H groups in total. The summed E-state index contributed by atoms with van der Waals surface area (Å²) in [5.41, 5.74) is 1.08. The number of aromatic amines is 1. The van der Waals surface area contributed by atoms with Crippen molar-refractivity contribution >= 4 is 5.97 Å². The zero-order valence-electron chi connectivity index (χ0n) is 8.58. The van der Waals surface area contributed by atoms with Gasteiger partial charge in [-0.2, -0.15) is 0 Å². The average molecular weight is 195 g/mol. The van der Waals surface area contributed by atoms with E-state index >= 15 is 0 Å². The van der Waals surface area contributed by atoms with E-state index in [1.165, 1.54) is 0 Å². The van der Waals surface area contributed by atoms with Crippen molar-refractivity contribution in [3.05, 3.63) is 24.0 Å². The van der Waals surface area contributed by atoms with Gasteiger partial charge in [0.05, 0.1) is 13.0 Å². The summed E-state index contributed by atoms with van der Waals surface area (Å²) in [5.74, 6) is -0.104. The lowest BCUT2D eigenvalue weighted by Crippen LogP contribution is -2.06. The van der Waals surface area contributed by atoms with Gasteiger partial charge in [-0.25, -0.2) is 0 Å². The maximum atomic E-state index is 11.2. The van der Waals surface area contributed by atoms with E-state index in [9.17, 15) is 4.79 Å². The lowest BCUT2D eigenvalue weighted by atomic mass is 10.2. The Kier molecular flexibility index (Phi) is 4.83. The second-order valence-electron chi connectivity index (χ2n) is 3.27. The minimum atomic E-state index is -0.104. The molecule has 3 nitrogen and oxygen atoms in total. The molecule has 0 aliphatic carbocycles. The summed E-state index contributed by atoms with van der Waals surface area (Å²) in [6.45, 7) is 2.63. The molecule has 0 saturated carbocycles. The van der Waals surface area contributed by atoms with Gasteiger partial charge in [0.15, 0.2) is 0 Å². The molecule has 1 aromatic heterocycles. The van der Waals surface area contributed by atoms with Crippen LogP contribution in [-0.2, 0) is 16.0 Å². The molecule has 0 aromatic carbocycles. The molecule has 1 heterocycles. The number of esters is 1. The Labute approximate surface area is 84.5 Å². The molecule has 14 heavy (non-hydrogen) atoms. The van der Waals surface area contributed by atoms with Crippen LogP contribution in [0.15, 0.2) is 18.3 Å².